The summed E-state index contributed by atoms with van der Waals surface area (Å²) in [5, 5.41) is 11.8. The van der Waals surface area contributed by atoms with Gasteiger partial charge in [0.15, 0.2) is 0 Å². The van der Waals surface area contributed by atoms with Crippen molar-refractivity contribution in [2.75, 3.05) is 7.11 Å². The molecule has 1 unspecified atom stereocenters. The topological polar surface area (TPSA) is 143 Å². The Morgan fingerprint density at radius 2 is 2.12 bits per heavy atom. The number of carbonyl (C=O) groups excluding carboxylic acids is 1. The number of oxazole rings is 1. The van der Waals surface area contributed by atoms with Crippen LogP contribution in [0.2, 0.25) is 0 Å². The highest BCUT2D eigenvalue weighted by Crippen LogP contribution is 2.41. The number of imidazole rings is 1. The first-order valence-electron chi connectivity index (χ1n) is 11.1. The van der Waals surface area contributed by atoms with Gasteiger partial charge in [0, 0.05) is 24.2 Å². The number of unbranched alkanes of at least 4 members (excludes halogenated alkanes) is 2. The third-order valence-corrected chi connectivity index (χ3v) is 5.64. The quantitative estimate of drug-likeness (QED) is 0.269. The maximum atomic E-state index is 11.9. The lowest BCUT2D eigenvalue weighted by Crippen LogP contribution is -2.27. The lowest BCUT2D eigenvalue weighted by Gasteiger charge is -2.14. The summed E-state index contributed by atoms with van der Waals surface area (Å²) in [4.78, 5) is 39.5. The Bertz CT molecular complexity index is 1090. The average Bonchev–Trinajstić information content (AvgIpc) is 3.30. The number of H-pyrrole nitrogens is 1. The number of amides is 1. The third-order valence-electron chi connectivity index (χ3n) is 5.64. The highest BCUT2D eigenvalue weighted by Gasteiger charge is 2.26. The molecule has 3 N–H and O–H groups in total. The Hall–Kier alpha value is -3.69. The summed E-state index contributed by atoms with van der Waals surface area (Å²) in [6.07, 6.45) is 8.77. The van der Waals surface area contributed by atoms with Gasteiger partial charge in [-0.1, -0.05) is 12.8 Å². The van der Waals surface area contributed by atoms with Gasteiger partial charge in [-0.05, 0) is 37.8 Å². The maximum Gasteiger partial charge on any atom is 0.405 e. The van der Waals surface area contributed by atoms with Gasteiger partial charge in [-0.25, -0.2) is 19.7 Å². The van der Waals surface area contributed by atoms with E-state index in [0.717, 1.165) is 36.9 Å². The van der Waals surface area contributed by atoms with Crippen LogP contribution < -0.4 is 10.1 Å². The van der Waals surface area contributed by atoms with E-state index >= 15 is 0 Å². The number of aromatic amines is 1. The van der Waals surface area contributed by atoms with Gasteiger partial charge >= 0.3 is 6.09 Å². The standard InChI is InChI=1S/C23H27N5O5/c1-32-21-15(9-10-16(27-21)14-7-8-14)18-13-25-20(26-18)17(28-23(30)31)5-3-2-4-6-19(29)22-24-11-12-33-22/h9-14,17,28H,2-8H2,1H3,(H,25,26)(H,30,31). The molecule has 1 amide bonds. The van der Waals surface area contributed by atoms with E-state index in [1.165, 1.54) is 12.5 Å². The summed E-state index contributed by atoms with van der Waals surface area (Å²) < 4.78 is 10.5. The van der Waals surface area contributed by atoms with E-state index < -0.39 is 12.1 Å². The molecule has 10 nitrogen and oxygen atoms in total. The van der Waals surface area contributed by atoms with Gasteiger partial charge in [-0.15, -0.1) is 0 Å². The average molecular weight is 453 g/mol. The first kappa shape index (κ1) is 22.5. The van der Waals surface area contributed by atoms with Gasteiger partial charge in [0.25, 0.3) is 5.89 Å². The minimum atomic E-state index is -1.12. The van der Waals surface area contributed by atoms with Crippen LogP contribution in [0.4, 0.5) is 4.79 Å². The summed E-state index contributed by atoms with van der Waals surface area (Å²) in [5.74, 6) is 1.54. The number of carbonyl (C=O) groups is 2. The molecule has 1 aliphatic rings. The van der Waals surface area contributed by atoms with Crippen molar-refractivity contribution >= 4 is 11.9 Å². The van der Waals surface area contributed by atoms with E-state index in [1.54, 1.807) is 13.3 Å². The molecule has 1 aliphatic carbocycles. The Balaban J connectivity index is 1.36. The molecule has 0 aliphatic heterocycles. The maximum absolute atomic E-state index is 11.9. The van der Waals surface area contributed by atoms with E-state index in [-0.39, 0.29) is 11.7 Å². The minimum Gasteiger partial charge on any atom is -0.480 e. The summed E-state index contributed by atoms with van der Waals surface area (Å²) in [5.41, 5.74) is 2.42. The SMILES string of the molecule is COc1nc(C2CC2)ccc1-c1c[nH]c(C(CCCCCC(=O)c2ncco2)NC(=O)O)n1. The van der Waals surface area contributed by atoms with Crippen molar-refractivity contribution in [3.8, 4) is 17.1 Å². The number of ether oxygens (including phenoxy) is 1. The van der Waals surface area contributed by atoms with Crippen LogP contribution in [-0.4, -0.2) is 44.0 Å². The molecule has 0 aromatic carbocycles. The van der Waals surface area contributed by atoms with Crippen molar-refractivity contribution in [1.29, 1.82) is 0 Å². The Morgan fingerprint density at radius 3 is 2.82 bits per heavy atom. The second-order valence-electron chi connectivity index (χ2n) is 8.10. The number of methoxy groups -OCH3 is 1. The number of carboxylic acid groups (broad SMARTS) is 1. The van der Waals surface area contributed by atoms with Crippen molar-refractivity contribution in [1.82, 2.24) is 25.3 Å². The molecule has 1 atom stereocenters. The molecule has 4 rings (SSSR count). The monoisotopic (exact) mass is 453 g/mol. The van der Waals surface area contributed by atoms with Crippen molar-refractivity contribution in [2.45, 2.75) is 56.9 Å². The van der Waals surface area contributed by atoms with Crippen LogP contribution in [0.5, 0.6) is 5.88 Å². The molecule has 1 saturated carbocycles. The number of nitrogens with one attached hydrogen (secondary N) is 2. The molecular formula is C23H27N5O5. The number of Topliss-reactive ketones (excluding diaryl/α,β-unsaturated/α-hetero) is 1. The van der Waals surface area contributed by atoms with Crippen LogP contribution in [0.3, 0.4) is 0 Å². The van der Waals surface area contributed by atoms with Crippen LogP contribution in [-0.2, 0) is 0 Å². The lowest BCUT2D eigenvalue weighted by molar-refractivity contribution is 0.0945. The molecule has 3 aromatic heterocycles. The van der Waals surface area contributed by atoms with Gasteiger partial charge in [0.2, 0.25) is 11.7 Å². The highest BCUT2D eigenvalue weighted by atomic mass is 16.5. The summed E-state index contributed by atoms with van der Waals surface area (Å²) >= 11 is 0. The van der Waals surface area contributed by atoms with E-state index in [4.69, 9.17) is 9.15 Å². The van der Waals surface area contributed by atoms with Crippen LogP contribution in [0.1, 0.15) is 79.1 Å². The molecule has 0 radical (unpaired) electrons. The zero-order valence-electron chi connectivity index (χ0n) is 18.4. The number of pyridine rings is 1. The van der Waals surface area contributed by atoms with Gasteiger partial charge < -0.3 is 24.6 Å². The molecule has 33 heavy (non-hydrogen) atoms. The van der Waals surface area contributed by atoms with Crippen molar-refractivity contribution < 1.29 is 23.8 Å². The van der Waals surface area contributed by atoms with E-state index in [0.29, 0.717) is 42.6 Å². The fourth-order valence-electron chi connectivity index (χ4n) is 3.77. The third kappa shape index (κ3) is 5.76. The normalized spacial score (nSPS) is 14.1. The number of aromatic nitrogens is 4. The van der Waals surface area contributed by atoms with Crippen LogP contribution in [0.15, 0.2) is 35.2 Å². The molecule has 0 spiro atoms. The van der Waals surface area contributed by atoms with Gasteiger partial charge in [-0.2, -0.15) is 0 Å². The largest absolute Gasteiger partial charge is 0.480 e. The summed E-state index contributed by atoms with van der Waals surface area (Å²) in [6, 6.07) is 3.45. The number of ketones is 1. The molecule has 174 valence electrons. The molecule has 10 heteroatoms. The molecule has 3 heterocycles. The number of rotatable bonds is 12. The second kappa shape index (κ2) is 10.3. The van der Waals surface area contributed by atoms with Gasteiger partial charge in [0.1, 0.15) is 12.1 Å². The first-order chi connectivity index (χ1) is 16.0. The van der Waals surface area contributed by atoms with Crippen LogP contribution >= 0.6 is 0 Å². The highest BCUT2D eigenvalue weighted by molar-refractivity contribution is 5.91. The summed E-state index contributed by atoms with van der Waals surface area (Å²) in [6.45, 7) is 0. The summed E-state index contributed by atoms with van der Waals surface area (Å²) in [7, 11) is 1.58. The van der Waals surface area contributed by atoms with E-state index in [2.05, 4.69) is 25.3 Å². The van der Waals surface area contributed by atoms with Gasteiger partial charge in [-0.3, -0.25) is 4.79 Å². The Morgan fingerprint density at radius 1 is 1.27 bits per heavy atom. The Kier molecular flexibility index (Phi) is 7.01. The number of nitrogens with zero attached hydrogens (tertiary/aromatic N) is 3. The fraction of sp³-hybridized carbons (Fsp3) is 0.435. The lowest BCUT2D eigenvalue weighted by atomic mass is 10.1. The zero-order valence-corrected chi connectivity index (χ0v) is 18.4. The molecule has 3 aromatic rings. The first-order valence-corrected chi connectivity index (χ1v) is 11.1. The number of hydrogen-bond donors (Lipinski definition) is 3. The Labute approximate surface area is 190 Å². The van der Waals surface area contributed by atoms with Crippen molar-refractivity contribution in [2.24, 2.45) is 0 Å². The van der Waals surface area contributed by atoms with Crippen LogP contribution in [0, 0.1) is 0 Å². The molecule has 0 saturated heterocycles. The smallest absolute Gasteiger partial charge is 0.405 e. The fourth-order valence-corrected chi connectivity index (χ4v) is 3.77. The van der Waals surface area contributed by atoms with Gasteiger partial charge in [0.05, 0.1) is 30.6 Å². The van der Waals surface area contributed by atoms with Crippen molar-refractivity contribution in [3.05, 3.63) is 48.2 Å². The molecular weight excluding hydrogens is 426 g/mol. The predicted molar refractivity (Wildman–Crippen MR) is 118 cm³/mol. The van der Waals surface area contributed by atoms with Crippen molar-refractivity contribution in [3.63, 3.8) is 0 Å². The van der Waals surface area contributed by atoms with E-state index in [1.807, 2.05) is 12.1 Å². The minimum absolute atomic E-state index is 0.124. The number of hydrogen-bond acceptors (Lipinski definition) is 7. The zero-order chi connectivity index (χ0) is 23.2. The second-order valence-corrected chi connectivity index (χ2v) is 8.10. The molecule has 1 fully saturated rings. The predicted octanol–water partition coefficient (Wildman–Crippen LogP) is 4.49. The van der Waals surface area contributed by atoms with Crippen LogP contribution in [0.25, 0.3) is 11.3 Å². The van der Waals surface area contributed by atoms with E-state index in [9.17, 15) is 14.7 Å². The molecule has 0 bridgehead atoms.